The number of nitrogens with zero attached hydrogens (tertiary/aromatic N) is 7. The van der Waals surface area contributed by atoms with Crippen molar-refractivity contribution in [1.82, 2.24) is 34.7 Å². The molecule has 0 radical (unpaired) electrons. The van der Waals surface area contributed by atoms with Crippen LogP contribution in [0.15, 0.2) is 97.6 Å². The van der Waals surface area contributed by atoms with Crippen LogP contribution in [0.5, 0.6) is 0 Å². The number of carbonyl (C=O) groups excluding carboxylic acids is 2. The first-order chi connectivity index (χ1) is 28.5. The minimum absolute atomic E-state index is 0.0939. The molecule has 2 amide bonds. The van der Waals surface area contributed by atoms with Gasteiger partial charge in [0.1, 0.15) is 11.3 Å². The number of anilines is 3. The maximum atomic E-state index is 11.5. The molecule has 0 fully saturated rings. The van der Waals surface area contributed by atoms with E-state index in [1.165, 1.54) is 14.9 Å². The molecule has 0 atom stereocenters. The normalized spacial score (nSPS) is 10.7. The average molecular weight is 915 g/mol. The number of aromatic nitrogens is 4. The van der Waals surface area contributed by atoms with Gasteiger partial charge in [-0.2, -0.15) is 0 Å². The number of imidazole rings is 2. The van der Waals surface area contributed by atoms with Gasteiger partial charge in [0.25, 0.3) is 0 Å². The van der Waals surface area contributed by atoms with E-state index in [1.807, 2.05) is 48.1 Å². The summed E-state index contributed by atoms with van der Waals surface area (Å²) in [5.74, 6) is 0.222. The summed E-state index contributed by atoms with van der Waals surface area (Å²) >= 11 is 2.31. The molecule has 6 rings (SSSR count). The lowest BCUT2D eigenvalue weighted by molar-refractivity contribution is -0.121. The molecule has 12 nitrogen and oxygen atoms in total. The van der Waals surface area contributed by atoms with Crippen molar-refractivity contribution in [2.24, 2.45) is 0 Å². The first kappa shape index (κ1) is 46.5. The number of pyridine rings is 2. The molecule has 0 saturated heterocycles. The maximum Gasteiger partial charge on any atom is 0.219 e. The Labute approximate surface area is 364 Å². The number of amides is 2. The Hall–Kier alpha value is -5.15. The Morgan fingerprint density at radius 1 is 0.559 bits per heavy atom. The van der Waals surface area contributed by atoms with E-state index in [9.17, 15) is 9.59 Å². The number of fused-ring (bicyclic) bond motifs is 2. The summed E-state index contributed by atoms with van der Waals surface area (Å²) in [5, 5.41) is 8.95. The zero-order valence-corrected chi connectivity index (χ0v) is 38.3. The number of carbonyl (C=O) groups is 2. The molecule has 0 aliphatic carbocycles. The predicted molar refractivity (Wildman–Crippen MR) is 255 cm³/mol. The van der Waals surface area contributed by atoms with Crippen LogP contribution >= 0.6 is 22.6 Å². The summed E-state index contributed by atoms with van der Waals surface area (Å²) in [5.41, 5.74) is 9.63. The SMILES string of the molecule is CCCN(CCNC(=O)CC)c1ccc2nc(-c3ccc(N(C)C)cc3)cn2c1.CCCNCCNC(=O)CC.CN(C)c1ccc(-c2cn3cc(I)ccc3n2)cc1. The third kappa shape index (κ3) is 14.6. The fourth-order valence-electron chi connectivity index (χ4n) is 6.08. The van der Waals surface area contributed by atoms with Gasteiger partial charge < -0.3 is 39.5 Å². The molecule has 6 aromatic rings. The van der Waals surface area contributed by atoms with E-state index in [4.69, 9.17) is 4.98 Å². The topological polar surface area (TPSA) is 115 Å². The van der Waals surface area contributed by atoms with Gasteiger partial charge in [0.05, 0.1) is 17.1 Å². The maximum absolute atomic E-state index is 11.5. The Bertz CT molecular complexity index is 2180. The Morgan fingerprint density at radius 3 is 1.54 bits per heavy atom. The summed E-state index contributed by atoms with van der Waals surface area (Å²) in [7, 11) is 8.16. The standard InChI is InChI=1S/C23H31N5O.C15H14IN3.C8H18N2O/c1-5-14-27(15-13-24-23(29)6-2)20-11-12-22-25-21(17-28(22)16-20)18-7-9-19(10-8-18)26(3)4;1-18(2)13-6-3-11(4-7-13)14-10-19-9-12(16)5-8-15(19)17-14;1-3-5-9-6-7-10-8(11)4-2/h7-12,16-17H,5-6,13-15H2,1-4H3,(H,24,29);3-10H,1-2H3;9H,3-7H2,1-2H3,(H,10,11). The molecule has 4 aromatic heterocycles. The summed E-state index contributed by atoms with van der Waals surface area (Å²) in [6.07, 6.45) is 11.6. The fourth-order valence-corrected chi connectivity index (χ4v) is 6.56. The Morgan fingerprint density at radius 2 is 1.05 bits per heavy atom. The monoisotopic (exact) mass is 914 g/mol. The number of benzene rings is 2. The first-order valence-corrected chi connectivity index (χ1v) is 21.7. The quantitative estimate of drug-likeness (QED) is 0.0624. The second-order valence-corrected chi connectivity index (χ2v) is 15.8. The van der Waals surface area contributed by atoms with E-state index >= 15 is 0 Å². The van der Waals surface area contributed by atoms with Crippen LogP contribution in [0.25, 0.3) is 33.8 Å². The van der Waals surface area contributed by atoms with Gasteiger partial charge in [-0.05, 0) is 90.5 Å². The van der Waals surface area contributed by atoms with Gasteiger partial charge >= 0.3 is 0 Å². The number of halogens is 1. The van der Waals surface area contributed by atoms with Crippen molar-refractivity contribution in [3.05, 3.63) is 101 Å². The number of hydrogen-bond acceptors (Lipinski definition) is 8. The van der Waals surface area contributed by atoms with Gasteiger partial charge in [0.2, 0.25) is 11.8 Å². The highest BCUT2D eigenvalue weighted by molar-refractivity contribution is 14.1. The van der Waals surface area contributed by atoms with Crippen LogP contribution in [0.4, 0.5) is 17.1 Å². The fraction of sp³-hybridized carbons (Fsp3) is 0.391. The van der Waals surface area contributed by atoms with Crippen molar-refractivity contribution in [1.29, 1.82) is 0 Å². The highest BCUT2D eigenvalue weighted by Crippen LogP contribution is 2.25. The van der Waals surface area contributed by atoms with Crippen LogP contribution in [0, 0.1) is 3.57 Å². The predicted octanol–water partition coefficient (Wildman–Crippen LogP) is 7.99. The van der Waals surface area contributed by atoms with E-state index in [0.29, 0.717) is 19.4 Å². The second-order valence-electron chi connectivity index (χ2n) is 14.5. The van der Waals surface area contributed by atoms with Gasteiger partial charge in [-0.15, -0.1) is 0 Å². The van der Waals surface area contributed by atoms with Crippen LogP contribution in [0.1, 0.15) is 53.4 Å². The van der Waals surface area contributed by atoms with Crippen molar-refractivity contribution >= 4 is 62.8 Å². The van der Waals surface area contributed by atoms with Crippen molar-refractivity contribution in [3.63, 3.8) is 0 Å². The molecule has 0 saturated carbocycles. The van der Waals surface area contributed by atoms with Gasteiger partial charge in [0, 0.05) is 125 Å². The Balaban J connectivity index is 0.000000219. The van der Waals surface area contributed by atoms with Crippen LogP contribution in [-0.2, 0) is 9.59 Å². The first-order valence-electron chi connectivity index (χ1n) is 20.6. The van der Waals surface area contributed by atoms with Crippen molar-refractivity contribution in [3.8, 4) is 22.5 Å². The van der Waals surface area contributed by atoms with E-state index < -0.39 is 0 Å². The summed E-state index contributed by atoms with van der Waals surface area (Å²) in [6, 6.07) is 25.2. The summed E-state index contributed by atoms with van der Waals surface area (Å²) in [4.78, 5) is 38.1. The average Bonchev–Trinajstić information content (AvgIpc) is 3.88. The lowest BCUT2D eigenvalue weighted by Gasteiger charge is -2.24. The molecule has 4 heterocycles. The van der Waals surface area contributed by atoms with E-state index in [-0.39, 0.29) is 11.8 Å². The molecule has 0 aliphatic rings. The van der Waals surface area contributed by atoms with Gasteiger partial charge in [0.15, 0.2) is 0 Å². The smallest absolute Gasteiger partial charge is 0.219 e. The highest BCUT2D eigenvalue weighted by atomic mass is 127. The number of hydrogen-bond donors (Lipinski definition) is 3. The lowest BCUT2D eigenvalue weighted by Crippen LogP contribution is -2.35. The molecular weight excluding hydrogens is 851 g/mol. The van der Waals surface area contributed by atoms with Crippen molar-refractivity contribution in [2.75, 3.05) is 82.2 Å². The lowest BCUT2D eigenvalue weighted by atomic mass is 10.1. The van der Waals surface area contributed by atoms with Crippen LogP contribution in [0.2, 0.25) is 0 Å². The van der Waals surface area contributed by atoms with Crippen LogP contribution in [-0.4, -0.2) is 98.0 Å². The molecule has 59 heavy (non-hydrogen) atoms. The molecule has 13 heteroatoms. The van der Waals surface area contributed by atoms with Crippen LogP contribution < -0.4 is 30.7 Å². The molecular formula is C46H63IN10O2. The molecule has 3 N–H and O–H groups in total. The zero-order chi connectivity index (χ0) is 42.7. The van der Waals surface area contributed by atoms with Crippen LogP contribution in [0.3, 0.4) is 0 Å². The Kier molecular flexibility index (Phi) is 19.0. The van der Waals surface area contributed by atoms with E-state index in [0.717, 1.165) is 85.1 Å². The number of rotatable bonds is 17. The molecule has 316 valence electrons. The van der Waals surface area contributed by atoms with E-state index in [1.54, 1.807) is 0 Å². The molecule has 0 bridgehead atoms. The van der Waals surface area contributed by atoms with Gasteiger partial charge in [-0.1, -0.05) is 52.0 Å². The van der Waals surface area contributed by atoms with Crippen molar-refractivity contribution in [2.45, 2.75) is 53.4 Å². The molecule has 0 spiro atoms. The molecule has 0 unspecified atom stereocenters. The van der Waals surface area contributed by atoms with Crippen molar-refractivity contribution < 1.29 is 9.59 Å². The largest absolute Gasteiger partial charge is 0.378 e. The minimum Gasteiger partial charge on any atom is -0.378 e. The minimum atomic E-state index is 0.0939. The molecule has 2 aromatic carbocycles. The van der Waals surface area contributed by atoms with Gasteiger partial charge in [-0.3, -0.25) is 9.59 Å². The zero-order valence-electron chi connectivity index (χ0n) is 36.1. The third-order valence-electron chi connectivity index (χ3n) is 9.46. The third-order valence-corrected chi connectivity index (χ3v) is 10.1. The second kappa shape index (κ2) is 24.1. The molecule has 0 aliphatic heterocycles. The van der Waals surface area contributed by atoms with Gasteiger partial charge in [-0.25, -0.2) is 9.97 Å². The number of nitrogens with one attached hydrogen (secondary N) is 3. The summed E-state index contributed by atoms with van der Waals surface area (Å²) in [6.45, 7) is 13.1. The highest BCUT2D eigenvalue weighted by Gasteiger charge is 2.11. The summed E-state index contributed by atoms with van der Waals surface area (Å²) < 4.78 is 5.35. The van der Waals surface area contributed by atoms with E-state index in [2.05, 4.69) is 172 Å².